The summed E-state index contributed by atoms with van der Waals surface area (Å²) in [6.45, 7) is 5.64. The molecule has 0 radical (unpaired) electrons. The lowest BCUT2D eigenvalue weighted by molar-refractivity contribution is -0.127. The number of hydrogen-bond donors (Lipinski definition) is 2. The zero-order chi connectivity index (χ0) is 11.3. The lowest BCUT2D eigenvalue weighted by atomic mass is 9.91. The van der Waals surface area contributed by atoms with E-state index in [4.69, 9.17) is 4.74 Å². The number of rotatable bonds is 4. The molecule has 4 nitrogen and oxygen atoms in total. The van der Waals surface area contributed by atoms with Crippen LogP contribution in [0.4, 0.5) is 0 Å². The number of amides is 1. The summed E-state index contributed by atoms with van der Waals surface area (Å²) in [5.41, 5.74) is 0. The molecule has 15 heavy (non-hydrogen) atoms. The summed E-state index contributed by atoms with van der Waals surface area (Å²) in [4.78, 5) is 11.8. The van der Waals surface area contributed by atoms with Crippen molar-refractivity contribution in [3.8, 4) is 0 Å². The molecule has 1 heterocycles. The first-order chi connectivity index (χ1) is 7.15. The minimum atomic E-state index is 0.0841. The Kier molecular flexibility index (Phi) is 5.05. The highest BCUT2D eigenvalue weighted by molar-refractivity contribution is 5.79. The summed E-state index contributed by atoms with van der Waals surface area (Å²) in [7, 11) is 1.65. The molecule has 0 aromatic carbocycles. The molecule has 0 spiro atoms. The minimum Gasteiger partial charge on any atom is -0.380 e. The van der Waals surface area contributed by atoms with Gasteiger partial charge in [0.1, 0.15) is 0 Å². The maximum Gasteiger partial charge on any atom is 0.224 e. The van der Waals surface area contributed by atoms with Crippen LogP contribution in [-0.4, -0.2) is 38.3 Å². The van der Waals surface area contributed by atoms with Gasteiger partial charge in [0.25, 0.3) is 0 Å². The molecule has 0 aromatic heterocycles. The Bertz CT molecular complexity index is 209. The predicted molar refractivity (Wildman–Crippen MR) is 59.7 cm³/mol. The Hall–Kier alpha value is -0.610. The van der Waals surface area contributed by atoms with Gasteiger partial charge >= 0.3 is 0 Å². The van der Waals surface area contributed by atoms with Gasteiger partial charge in [-0.05, 0) is 33.2 Å². The second-order valence-corrected chi connectivity index (χ2v) is 4.28. The van der Waals surface area contributed by atoms with E-state index in [9.17, 15) is 4.79 Å². The monoisotopic (exact) mass is 214 g/mol. The van der Waals surface area contributed by atoms with Crippen LogP contribution >= 0.6 is 0 Å². The normalized spacial score (nSPS) is 28.5. The van der Waals surface area contributed by atoms with E-state index in [1.807, 2.05) is 6.92 Å². The summed E-state index contributed by atoms with van der Waals surface area (Å²) in [6, 6.07) is 0.289. The molecule has 1 fully saturated rings. The second-order valence-electron chi connectivity index (χ2n) is 4.28. The molecular weight excluding hydrogens is 192 g/mol. The van der Waals surface area contributed by atoms with Gasteiger partial charge in [-0.2, -0.15) is 0 Å². The van der Waals surface area contributed by atoms with Gasteiger partial charge in [-0.1, -0.05) is 0 Å². The van der Waals surface area contributed by atoms with Gasteiger partial charge in [0, 0.05) is 19.7 Å². The van der Waals surface area contributed by atoms with Crippen molar-refractivity contribution in [3.05, 3.63) is 0 Å². The van der Waals surface area contributed by atoms with E-state index < -0.39 is 0 Å². The molecule has 88 valence electrons. The topological polar surface area (TPSA) is 50.4 Å². The first-order valence-corrected chi connectivity index (χ1v) is 5.69. The number of hydrogen-bond acceptors (Lipinski definition) is 3. The van der Waals surface area contributed by atoms with Crippen molar-refractivity contribution in [2.24, 2.45) is 5.92 Å². The van der Waals surface area contributed by atoms with Gasteiger partial charge in [-0.15, -0.1) is 0 Å². The fraction of sp³-hybridized carbons (Fsp3) is 0.909. The molecule has 1 aliphatic rings. The molecule has 0 bridgehead atoms. The molecule has 1 rings (SSSR count). The van der Waals surface area contributed by atoms with Gasteiger partial charge in [0.05, 0.1) is 12.0 Å². The van der Waals surface area contributed by atoms with Gasteiger partial charge in [0.2, 0.25) is 5.91 Å². The van der Waals surface area contributed by atoms with E-state index >= 15 is 0 Å². The molecule has 2 N–H and O–H groups in total. The van der Waals surface area contributed by atoms with Crippen molar-refractivity contribution in [3.63, 3.8) is 0 Å². The number of piperidine rings is 1. The second kappa shape index (κ2) is 6.08. The highest BCUT2D eigenvalue weighted by atomic mass is 16.5. The Morgan fingerprint density at radius 1 is 1.67 bits per heavy atom. The van der Waals surface area contributed by atoms with E-state index in [-0.39, 0.29) is 24.0 Å². The fourth-order valence-corrected chi connectivity index (χ4v) is 1.86. The van der Waals surface area contributed by atoms with Crippen molar-refractivity contribution >= 4 is 5.91 Å². The third-order valence-corrected chi connectivity index (χ3v) is 3.06. The maximum absolute atomic E-state index is 11.8. The fourth-order valence-electron chi connectivity index (χ4n) is 1.86. The summed E-state index contributed by atoms with van der Waals surface area (Å²) < 4.78 is 5.08. The van der Waals surface area contributed by atoms with Gasteiger partial charge in [0.15, 0.2) is 0 Å². The maximum atomic E-state index is 11.8. The number of carbonyl (C=O) groups is 1. The predicted octanol–water partition coefficient (Wildman–Crippen LogP) is 0.526. The van der Waals surface area contributed by atoms with Crippen LogP contribution in [0.2, 0.25) is 0 Å². The average molecular weight is 214 g/mol. The van der Waals surface area contributed by atoms with Crippen LogP contribution in [0.25, 0.3) is 0 Å². The highest BCUT2D eigenvalue weighted by Gasteiger charge is 2.27. The largest absolute Gasteiger partial charge is 0.380 e. The van der Waals surface area contributed by atoms with Crippen LogP contribution in [0.5, 0.6) is 0 Å². The minimum absolute atomic E-state index is 0.0841. The zero-order valence-electron chi connectivity index (χ0n) is 9.88. The van der Waals surface area contributed by atoms with E-state index in [0.29, 0.717) is 6.54 Å². The lowest BCUT2D eigenvalue weighted by Gasteiger charge is -2.29. The number of ether oxygens (including phenoxy) is 1. The molecule has 4 heteroatoms. The van der Waals surface area contributed by atoms with Crippen LogP contribution in [0.3, 0.4) is 0 Å². The number of carbonyl (C=O) groups excluding carboxylic acids is 1. The molecule has 0 saturated carbocycles. The van der Waals surface area contributed by atoms with Gasteiger partial charge in [-0.25, -0.2) is 0 Å². The third-order valence-electron chi connectivity index (χ3n) is 3.06. The van der Waals surface area contributed by atoms with Crippen molar-refractivity contribution in [2.45, 2.75) is 38.8 Å². The smallest absolute Gasteiger partial charge is 0.224 e. The van der Waals surface area contributed by atoms with E-state index in [1.54, 1.807) is 7.11 Å². The quantitative estimate of drug-likeness (QED) is 0.717. The first-order valence-electron chi connectivity index (χ1n) is 5.69. The zero-order valence-corrected chi connectivity index (χ0v) is 9.88. The average Bonchev–Trinajstić information content (AvgIpc) is 2.26. The Morgan fingerprint density at radius 3 is 3.00 bits per heavy atom. The number of methoxy groups -OCH3 is 1. The van der Waals surface area contributed by atoms with Crippen molar-refractivity contribution in [1.82, 2.24) is 10.6 Å². The van der Waals surface area contributed by atoms with Gasteiger partial charge < -0.3 is 15.4 Å². The summed E-state index contributed by atoms with van der Waals surface area (Å²) >= 11 is 0. The molecule has 0 aliphatic carbocycles. The summed E-state index contributed by atoms with van der Waals surface area (Å²) in [5.74, 6) is 0.265. The molecule has 1 aliphatic heterocycles. The molecule has 1 saturated heterocycles. The molecular formula is C11H22N2O2. The molecule has 1 amide bonds. The van der Waals surface area contributed by atoms with Crippen LogP contribution in [-0.2, 0) is 9.53 Å². The SMILES string of the molecule is COC(C)CNC(=O)C1CCCNC1C. The van der Waals surface area contributed by atoms with Crippen LogP contribution in [0, 0.1) is 5.92 Å². The van der Waals surface area contributed by atoms with Gasteiger partial charge in [-0.3, -0.25) is 4.79 Å². The van der Waals surface area contributed by atoms with Crippen LogP contribution in [0.15, 0.2) is 0 Å². The van der Waals surface area contributed by atoms with Crippen molar-refractivity contribution in [2.75, 3.05) is 20.2 Å². The van der Waals surface area contributed by atoms with E-state index in [2.05, 4.69) is 17.6 Å². The lowest BCUT2D eigenvalue weighted by Crippen LogP contribution is -2.47. The Morgan fingerprint density at radius 2 is 2.40 bits per heavy atom. The van der Waals surface area contributed by atoms with Crippen LogP contribution in [0.1, 0.15) is 26.7 Å². The molecule has 0 aromatic rings. The van der Waals surface area contributed by atoms with Crippen molar-refractivity contribution in [1.29, 1.82) is 0 Å². The van der Waals surface area contributed by atoms with E-state index in [1.165, 1.54) is 0 Å². The van der Waals surface area contributed by atoms with Crippen LogP contribution < -0.4 is 10.6 Å². The summed E-state index contributed by atoms with van der Waals surface area (Å²) in [6.07, 6.45) is 2.16. The van der Waals surface area contributed by atoms with E-state index in [0.717, 1.165) is 19.4 Å². The third kappa shape index (κ3) is 3.80. The Balaban J connectivity index is 2.32. The number of nitrogens with one attached hydrogen (secondary N) is 2. The summed E-state index contributed by atoms with van der Waals surface area (Å²) in [5, 5.41) is 6.25. The standard InChI is InChI=1S/C11H22N2O2/c1-8(15-3)7-13-11(14)10-5-4-6-12-9(10)2/h8-10,12H,4-7H2,1-3H3,(H,13,14). The Labute approximate surface area is 91.8 Å². The first kappa shape index (κ1) is 12.5. The highest BCUT2D eigenvalue weighted by Crippen LogP contribution is 2.16. The molecule has 3 atom stereocenters. The van der Waals surface area contributed by atoms with Crippen molar-refractivity contribution < 1.29 is 9.53 Å². The molecule has 3 unspecified atom stereocenters.